The summed E-state index contributed by atoms with van der Waals surface area (Å²) in [6, 6.07) is 11.0. The Kier molecular flexibility index (Phi) is 5.26. The van der Waals surface area contributed by atoms with Gasteiger partial charge < -0.3 is 10.3 Å². The molecule has 0 atom stereocenters. The average molecular weight is 410 g/mol. The number of rotatable bonds is 5. The third kappa shape index (κ3) is 4.12. The molecule has 0 saturated heterocycles. The topological polar surface area (TPSA) is 70.7 Å². The number of aromatic amines is 1. The third-order valence-corrected chi connectivity index (χ3v) is 5.32. The number of hydrogen-bond acceptors (Lipinski definition) is 4. The molecule has 0 bridgehead atoms. The molecule has 0 aliphatic carbocycles. The van der Waals surface area contributed by atoms with Gasteiger partial charge in [0.15, 0.2) is 0 Å². The molecule has 8 heteroatoms. The number of anilines is 1. The van der Waals surface area contributed by atoms with E-state index in [1.165, 1.54) is 23.7 Å². The number of H-pyrrole nitrogens is 1. The van der Waals surface area contributed by atoms with Crippen LogP contribution in [0, 0.1) is 18.6 Å². The molecule has 0 unspecified atom stereocenters. The number of carbonyl (C=O) groups excluding carboxylic acids is 1. The fourth-order valence-corrected chi connectivity index (χ4v) is 3.65. The standard InChI is InChI=1S/C21H16F2N4OS/c1-12-2-4-13(5-3-12)15-9-24-20-19(15)25-11-26-21(20)29-10-18(28)27-17-8-14(22)6-7-16(17)23/h2-9,11,24H,10H2,1H3,(H,27,28). The van der Waals surface area contributed by atoms with E-state index in [4.69, 9.17) is 0 Å². The molecule has 0 aliphatic heterocycles. The summed E-state index contributed by atoms with van der Waals surface area (Å²) in [7, 11) is 0. The van der Waals surface area contributed by atoms with Crippen LogP contribution in [0.3, 0.4) is 0 Å². The van der Waals surface area contributed by atoms with Crippen molar-refractivity contribution in [1.82, 2.24) is 15.0 Å². The average Bonchev–Trinajstić information content (AvgIpc) is 3.14. The maximum Gasteiger partial charge on any atom is 0.234 e. The highest BCUT2D eigenvalue weighted by Crippen LogP contribution is 2.31. The molecular weight excluding hydrogens is 394 g/mol. The minimum absolute atomic E-state index is 0.0129. The van der Waals surface area contributed by atoms with Gasteiger partial charge in [-0.05, 0) is 24.6 Å². The molecule has 5 nitrogen and oxygen atoms in total. The number of thioether (sulfide) groups is 1. The van der Waals surface area contributed by atoms with Crippen molar-refractivity contribution < 1.29 is 13.6 Å². The van der Waals surface area contributed by atoms with E-state index in [9.17, 15) is 13.6 Å². The molecule has 0 radical (unpaired) electrons. The molecule has 0 spiro atoms. The Labute approximate surface area is 169 Å². The van der Waals surface area contributed by atoms with Crippen molar-refractivity contribution in [3.63, 3.8) is 0 Å². The number of benzene rings is 2. The van der Waals surface area contributed by atoms with E-state index >= 15 is 0 Å². The first-order valence-electron chi connectivity index (χ1n) is 8.78. The first-order valence-corrected chi connectivity index (χ1v) is 9.76. The lowest BCUT2D eigenvalue weighted by Crippen LogP contribution is -2.15. The zero-order valence-corrected chi connectivity index (χ0v) is 16.2. The van der Waals surface area contributed by atoms with Gasteiger partial charge in [0, 0.05) is 17.8 Å². The molecule has 2 N–H and O–H groups in total. The normalized spacial score (nSPS) is 11.0. The Morgan fingerprint density at radius 2 is 1.93 bits per heavy atom. The summed E-state index contributed by atoms with van der Waals surface area (Å²) in [6.07, 6.45) is 3.30. The summed E-state index contributed by atoms with van der Waals surface area (Å²) < 4.78 is 26.9. The van der Waals surface area contributed by atoms with Gasteiger partial charge in [0.2, 0.25) is 5.91 Å². The second-order valence-corrected chi connectivity index (χ2v) is 7.40. The molecule has 4 aromatic rings. The molecule has 4 rings (SSSR count). The molecule has 2 aromatic carbocycles. The highest BCUT2D eigenvalue weighted by atomic mass is 32.2. The van der Waals surface area contributed by atoms with Crippen LogP contribution in [0.25, 0.3) is 22.2 Å². The third-order valence-electron chi connectivity index (χ3n) is 4.33. The Bertz CT molecular complexity index is 1190. The minimum Gasteiger partial charge on any atom is -0.357 e. The molecular formula is C21H16F2N4OS. The lowest BCUT2D eigenvalue weighted by molar-refractivity contribution is -0.113. The van der Waals surface area contributed by atoms with Gasteiger partial charge in [0.05, 0.1) is 17.0 Å². The summed E-state index contributed by atoms with van der Waals surface area (Å²) in [5.41, 5.74) is 4.41. The molecule has 146 valence electrons. The van der Waals surface area contributed by atoms with Crippen molar-refractivity contribution in [2.24, 2.45) is 0 Å². The highest BCUT2D eigenvalue weighted by Gasteiger charge is 2.14. The van der Waals surface area contributed by atoms with Crippen LogP contribution in [0.1, 0.15) is 5.56 Å². The first kappa shape index (κ1) is 19.1. The zero-order valence-electron chi connectivity index (χ0n) is 15.4. The van der Waals surface area contributed by atoms with Crippen LogP contribution in [-0.2, 0) is 4.79 Å². The molecule has 0 fully saturated rings. The number of aryl methyl sites for hydroxylation is 1. The molecule has 0 saturated carbocycles. The summed E-state index contributed by atoms with van der Waals surface area (Å²) in [6.45, 7) is 2.02. The number of fused-ring (bicyclic) bond motifs is 1. The molecule has 2 aromatic heterocycles. The van der Waals surface area contributed by atoms with E-state index in [0.29, 0.717) is 5.03 Å². The number of nitrogens with zero attached hydrogens (tertiary/aromatic N) is 2. The second kappa shape index (κ2) is 8.00. The van der Waals surface area contributed by atoms with E-state index in [1.54, 1.807) is 0 Å². The van der Waals surface area contributed by atoms with Crippen molar-refractivity contribution in [2.75, 3.05) is 11.1 Å². The zero-order chi connectivity index (χ0) is 20.4. The second-order valence-electron chi connectivity index (χ2n) is 6.43. The van der Waals surface area contributed by atoms with Gasteiger partial charge in [0.1, 0.15) is 28.5 Å². The van der Waals surface area contributed by atoms with Crippen LogP contribution in [0.15, 0.2) is 60.0 Å². The highest BCUT2D eigenvalue weighted by molar-refractivity contribution is 8.00. The first-order chi connectivity index (χ1) is 14.0. The fraction of sp³-hybridized carbons (Fsp3) is 0.0952. The number of aromatic nitrogens is 3. The fourth-order valence-electron chi connectivity index (χ4n) is 2.89. The van der Waals surface area contributed by atoms with Crippen molar-refractivity contribution in [3.05, 3.63) is 72.2 Å². The summed E-state index contributed by atoms with van der Waals surface area (Å²) >= 11 is 1.19. The maximum absolute atomic E-state index is 13.7. The van der Waals surface area contributed by atoms with Gasteiger partial charge in [-0.1, -0.05) is 41.6 Å². The van der Waals surface area contributed by atoms with Crippen molar-refractivity contribution in [2.45, 2.75) is 11.9 Å². The molecule has 29 heavy (non-hydrogen) atoms. The smallest absolute Gasteiger partial charge is 0.234 e. The van der Waals surface area contributed by atoms with Gasteiger partial charge in [-0.25, -0.2) is 18.7 Å². The van der Waals surface area contributed by atoms with Gasteiger partial charge in [-0.3, -0.25) is 4.79 Å². The number of nitrogens with one attached hydrogen (secondary N) is 2. The van der Waals surface area contributed by atoms with E-state index in [2.05, 4.69) is 20.3 Å². The molecule has 0 aliphatic rings. The molecule has 2 heterocycles. The minimum atomic E-state index is -0.693. The van der Waals surface area contributed by atoms with Crippen LogP contribution < -0.4 is 5.32 Å². The van der Waals surface area contributed by atoms with Crippen LogP contribution in [-0.4, -0.2) is 26.6 Å². The largest absolute Gasteiger partial charge is 0.357 e. The summed E-state index contributed by atoms with van der Waals surface area (Å²) in [5.74, 6) is -1.79. The lowest BCUT2D eigenvalue weighted by Gasteiger charge is -2.07. The lowest BCUT2D eigenvalue weighted by atomic mass is 10.1. The Morgan fingerprint density at radius 3 is 2.72 bits per heavy atom. The number of carbonyl (C=O) groups is 1. The van der Waals surface area contributed by atoms with Gasteiger partial charge in [-0.2, -0.15) is 0 Å². The monoisotopic (exact) mass is 410 g/mol. The number of halogens is 2. The van der Waals surface area contributed by atoms with Crippen molar-refractivity contribution in [1.29, 1.82) is 0 Å². The van der Waals surface area contributed by atoms with E-state index in [1.807, 2.05) is 37.4 Å². The molecule has 1 amide bonds. The summed E-state index contributed by atoms with van der Waals surface area (Å²) in [5, 5.41) is 2.98. The van der Waals surface area contributed by atoms with Crippen LogP contribution in [0.5, 0.6) is 0 Å². The number of hydrogen-bond donors (Lipinski definition) is 2. The quantitative estimate of drug-likeness (QED) is 0.361. The van der Waals surface area contributed by atoms with E-state index in [0.717, 1.165) is 40.4 Å². The maximum atomic E-state index is 13.7. The number of amides is 1. The SMILES string of the molecule is Cc1ccc(-c2c[nH]c3c(SCC(=O)Nc4cc(F)ccc4F)ncnc23)cc1. The van der Waals surface area contributed by atoms with Crippen LogP contribution >= 0.6 is 11.8 Å². The Balaban J connectivity index is 1.52. The predicted octanol–water partition coefficient (Wildman–Crippen LogP) is 4.94. The van der Waals surface area contributed by atoms with Gasteiger partial charge >= 0.3 is 0 Å². The van der Waals surface area contributed by atoms with Crippen LogP contribution in [0.4, 0.5) is 14.5 Å². The van der Waals surface area contributed by atoms with Crippen LogP contribution in [0.2, 0.25) is 0 Å². The van der Waals surface area contributed by atoms with Crippen molar-refractivity contribution >= 4 is 34.4 Å². The Hall–Kier alpha value is -3.26. The van der Waals surface area contributed by atoms with E-state index < -0.39 is 17.5 Å². The Morgan fingerprint density at radius 1 is 1.14 bits per heavy atom. The van der Waals surface area contributed by atoms with E-state index in [-0.39, 0.29) is 11.4 Å². The predicted molar refractivity (Wildman–Crippen MR) is 110 cm³/mol. The van der Waals surface area contributed by atoms with Gasteiger partial charge in [0.25, 0.3) is 0 Å². The van der Waals surface area contributed by atoms with Gasteiger partial charge in [-0.15, -0.1) is 0 Å². The summed E-state index contributed by atoms with van der Waals surface area (Å²) in [4.78, 5) is 24.0. The van der Waals surface area contributed by atoms with Crippen molar-refractivity contribution in [3.8, 4) is 11.1 Å².